The van der Waals surface area contributed by atoms with Crippen molar-refractivity contribution in [1.29, 1.82) is 0 Å². The second kappa shape index (κ2) is 5.66. The molecule has 2 fully saturated rings. The molecule has 0 radical (unpaired) electrons. The molecule has 3 atom stereocenters. The van der Waals surface area contributed by atoms with Crippen LogP contribution in [0.25, 0.3) is 0 Å². The Kier molecular flexibility index (Phi) is 4.57. The van der Waals surface area contributed by atoms with Crippen LogP contribution in [0.3, 0.4) is 0 Å². The van der Waals surface area contributed by atoms with Gasteiger partial charge in [0.05, 0.1) is 18.8 Å². The van der Waals surface area contributed by atoms with Crippen molar-refractivity contribution < 1.29 is 14.6 Å². The number of rotatable bonds is 5. The Morgan fingerprint density at radius 1 is 1.24 bits per heavy atom. The molecule has 1 N–H and O–H groups in total. The number of ether oxygens (including phenoxy) is 1. The van der Waals surface area contributed by atoms with Gasteiger partial charge in [0.15, 0.2) is 0 Å². The summed E-state index contributed by atoms with van der Waals surface area (Å²) < 4.78 is 5.79. The number of carbonyl (C=O) groups is 1. The van der Waals surface area contributed by atoms with E-state index in [9.17, 15) is 9.90 Å². The minimum absolute atomic E-state index is 0.0480. The largest absolute Gasteiger partial charge is 0.388 e. The van der Waals surface area contributed by atoms with E-state index in [0.29, 0.717) is 24.9 Å². The summed E-state index contributed by atoms with van der Waals surface area (Å²) in [5, 5.41) is 9.78. The van der Waals surface area contributed by atoms with Crippen LogP contribution < -0.4 is 0 Å². The van der Waals surface area contributed by atoms with E-state index >= 15 is 0 Å². The first-order chi connectivity index (χ1) is 9.56. The summed E-state index contributed by atoms with van der Waals surface area (Å²) >= 11 is 0. The molecule has 0 amide bonds. The van der Waals surface area contributed by atoms with Crippen LogP contribution in [0.5, 0.6) is 0 Å². The van der Waals surface area contributed by atoms with Crippen molar-refractivity contribution in [3.05, 3.63) is 0 Å². The van der Waals surface area contributed by atoms with Gasteiger partial charge in [-0.1, -0.05) is 20.8 Å². The third kappa shape index (κ3) is 3.50. The first-order valence-electron chi connectivity index (χ1n) is 8.39. The van der Waals surface area contributed by atoms with E-state index in [1.54, 1.807) is 13.8 Å². The second-order valence-electron chi connectivity index (χ2n) is 8.80. The first kappa shape index (κ1) is 17.0. The quantitative estimate of drug-likeness (QED) is 0.843. The van der Waals surface area contributed by atoms with Crippen LogP contribution in [0.4, 0.5) is 0 Å². The van der Waals surface area contributed by atoms with E-state index in [1.807, 2.05) is 0 Å². The van der Waals surface area contributed by atoms with Crippen molar-refractivity contribution in [3.63, 3.8) is 0 Å². The van der Waals surface area contributed by atoms with Crippen molar-refractivity contribution in [2.45, 2.75) is 72.3 Å². The predicted octanol–water partition coefficient (Wildman–Crippen LogP) is 3.59. The molecule has 0 spiro atoms. The number of carbonyl (C=O) groups excluding carboxylic acids is 1. The monoisotopic (exact) mass is 296 g/mol. The molecule has 2 aliphatic rings. The summed E-state index contributed by atoms with van der Waals surface area (Å²) in [7, 11) is 0. The molecule has 2 rings (SSSR count). The Hall–Kier alpha value is -0.410. The fourth-order valence-corrected chi connectivity index (χ4v) is 4.88. The van der Waals surface area contributed by atoms with Gasteiger partial charge in [-0.3, -0.25) is 4.79 Å². The topological polar surface area (TPSA) is 46.5 Å². The van der Waals surface area contributed by atoms with Crippen molar-refractivity contribution in [1.82, 2.24) is 0 Å². The Morgan fingerprint density at radius 3 is 2.52 bits per heavy atom. The zero-order chi connectivity index (χ0) is 15.9. The molecule has 2 unspecified atom stereocenters. The number of fused-ring (bicyclic) bond motifs is 1. The summed E-state index contributed by atoms with van der Waals surface area (Å²) in [6, 6.07) is 0. The zero-order valence-electron chi connectivity index (χ0n) is 14.4. The highest BCUT2D eigenvalue weighted by atomic mass is 16.5. The molecule has 3 nitrogen and oxygen atoms in total. The first-order valence-corrected chi connectivity index (χ1v) is 8.39. The SMILES string of the molecule is CC(C)(O)COCC(C)(C)[C@H]1CCC2C(=O)CCCC21C. The van der Waals surface area contributed by atoms with Crippen LogP contribution in [0.15, 0.2) is 0 Å². The molecule has 0 aromatic carbocycles. The lowest BCUT2D eigenvalue weighted by atomic mass is 9.58. The smallest absolute Gasteiger partial charge is 0.136 e. The minimum Gasteiger partial charge on any atom is -0.388 e. The second-order valence-corrected chi connectivity index (χ2v) is 8.80. The molecular formula is C18H32O3. The molecule has 0 bridgehead atoms. The Morgan fingerprint density at radius 2 is 1.90 bits per heavy atom. The third-order valence-electron chi connectivity index (χ3n) is 5.74. The van der Waals surface area contributed by atoms with E-state index < -0.39 is 5.60 Å². The summed E-state index contributed by atoms with van der Waals surface area (Å²) in [6.07, 6.45) is 5.18. The maximum absolute atomic E-state index is 12.2. The van der Waals surface area contributed by atoms with E-state index in [1.165, 1.54) is 6.42 Å². The van der Waals surface area contributed by atoms with E-state index in [2.05, 4.69) is 20.8 Å². The van der Waals surface area contributed by atoms with Gasteiger partial charge in [-0.05, 0) is 56.3 Å². The Labute approximate surface area is 129 Å². The van der Waals surface area contributed by atoms with Crippen molar-refractivity contribution in [3.8, 4) is 0 Å². The number of hydrogen-bond donors (Lipinski definition) is 1. The minimum atomic E-state index is -0.779. The van der Waals surface area contributed by atoms with Gasteiger partial charge in [0.25, 0.3) is 0 Å². The van der Waals surface area contributed by atoms with E-state index in [-0.39, 0.29) is 16.7 Å². The molecule has 0 saturated heterocycles. The molecule has 122 valence electrons. The van der Waals surface area contributed by atoms with Crippen molar-refractivity contribution in [2.75, 3.05) is 13.2 Å². The van der Waals surface area contributed by atoms with Gasteiger partial charge in [-0.15, -0.1) is 0 Å². The van der Waals surface area contributed by atoms with Gasteiger partial charge < -0.3 is 9.84 Å². The van der Waals surface area contributed by atoms with Crippen LogP contribution in [0.1, 0.15) is 66.7 Å². The summed E-state index contributed by atoms with van der Waals surface area (Å²) in [5.41, 5.74) is -0.581. The van der Waals surface area contributed by atoms with Gasteiger partial charge in [0, 0.05) is 12.3 Å². The summed E-state index contributed by atoms with van der Waals surface area (Å²) in [5.74, 6) is 1.28. The van der Waals surface area contributed by atoms with Gasteiger partial charge >= 0.3 is 0 Å². The average molecular weight is 296 g/mol. The third-order valence-corrected chi connectivity index (χ3v) is 5.74. The van der Waals surface area contributed by atoms with E-state index in [4.69, 9.17) is 4.74 Å². The average Bonchev–Trinajstić information content (AvgIpc) is 2.66. The fourth-order valence-electron chi connectivity index (χ4n) is 4.88. The normalized spacial score (nSPS) is 34.1. The molecular weight excluding hydrogens is 264 g/mol. The number of Topliss-reactive ketones (excluding diaryl/α,β-unsaturated/α-hetero) is 1. The van der Waals surface area contributed by atoms with Crippen LogP contribution >= 0.6 is 0 Å². The number of hydrogen-bond acceptors (Lipinski definition) is 3. The molecule has 2 aliphatic carbocycles. The lowest BCUT2D eigenvalue weighted by molar-refractivity contribution is -0.132. The maximum atomic E-state index is 12.2. The van der Waals surface area contributed by atoms with Crippen LogP contribution in [0.2, 0.25) is 0 Å². The Bertz CT molecular complexity index is 394. The highest BCUT2D eigenvalue weighted by molar-refractivity contribution is 5.83. The fraction of sp³-hybridized carbons (Fsp3) is 0.944. The van der Waals surface area contributed by atoms with E-state index in [0.717, 1.165) is 25.7 Å². The maximum Gasteiger partial charge on any atom is 0.136 e. The summed E-state index contributed by atoms with van der Waals surface area (Å²) in [4.78, 5) is 12.2. The van der Waals surface area contributed by atoms with Gasteiger partial charge in [0.1, 0.15) is 5.78 Å². The lowest BCUT2D eigenvalue weighted by Gasteiger charge is -2.46. The molecule has 3 heteroatoms. The number of ketones is 1. The van der Waals surface area contributed by atoms with Gasteiger partial charge in [-0.2, -0.15) is 0 Å². The van der Waals surface area contributed by atoms with Crippen molar-refractivity contribution >= 4 is 5.78 Å². The highest BCUT2D eigenvalue weighted by Crippen LogP contribution is 2.59. The van der Waals surface area contributed by atoms with Crippen molar-refractivity contribution in [2.24, 2.45) is 22.7 Å². The van der Waals surface area contributed by atoms with Crippen LogP contribution in [0, 0.1) is 22.7 Å². The highest BCUT2D eigenvalue weighted by Gasteiger charge is 2.55. The molecule has 21 heavy (non-hydrogen) atoms. The molecule has 0 aromatic rings. The predicted molar refractivity (Wildman–Crippen MR) is 84.1 cm³/mol. The zero-order valence-corrected chi connectivity index (χ0v) is 14.4. The van der Waals surface area contributed by atoms with Crippen LogP contribution in [-0.4, -0.2) is 29.7 Å². The molecule has 0 aromatic heterocycles. The van der Waals surface area contributed by atoms with Crippen LogP contribution in [-0.2, 0) is 9.53 Å². The molecule has 0 heterocycles. The standard InChI is InChI=1S/C18H32O3/c1-16(2,11-21-12-17(3,4)20)15-9-8-13-14(19)7-6-10-18(13,15)5/h13,15,20H,6-12H2,1-5H3/t13?,15-,18?/m1/s1. The summed E-state index contributed by atoms with van der Waals surface area (Å²) in [6.45, 7) is 11.4. The Balaban J connectivity index is 2.04. The molecule has 0 aliphatic heterocycles. The lowest BCUT2D eigenvalue weighted by Crippen LogP contribution is -2.44. The van der Waals surface area contributed by atoms with Gasteiger partial charge in [0.2, 0.25) is 0 Å². The van der Waals surface area contributed by atoms with Gasteiger partial charge in [-0.25, -0.2) is 0 Å². The molecule has 2 saturated carbocycles. The number of aliphatic hydroxyl groups is 1.